The molecule has 248 valence electrons. The van der Waals surface area contributed by atoms with Crippen molar-refractivity contribution in [3.8, 4) is 34.1 Å². The zero-order valence-electron chi connectivity index (χ0n) is 21.9. The number of benzene rings is 4. The van der Waals surface area contributed by atoms with Gasteiger partial charge >= 0.3 is 19.8 Å². The van der Waals surface area contributed by atoms with Crippen molar-refractivity contribution in [2.45, 2.75) is 12.7 Å². The van der Waals surface area contributed by atoms with Crippen LogP contribution in [0.5, 0.6) is 23.0 Å². The number of hydrogen-bond donors (Lipinski definition) is 4. The Morgan fingerprint density at radius 2 is 1.00 bits per heavy atom. The molecule has 20 heteroatoms. The second kappa shape index (κ2) is 15.3. The molecule has 0 fully saturated rings. The lowest BCUT2D eigenvalue weighted by Crippen LogP contribution is -2.33. The molecule has 0 aromatic heterocycles. The van der Waals surface area contributed by atoms with E-state index in [1.165, 1.54) is 6.07 Å². The van der Waals surface area contributed by atoms with Crippen molar-refractivity contribution in [2.75, 3.05) is 0 Å². The summed E-state index contributed by atoms with van der Waals surface area (Å²) in [4.78, 5) is 0. The average Bonchev–Trinajstić information content (AvgIpc) is 2.94. The normalized spacial score (nSPS) is 11.1. The van der Waals surface area contributed by atoms with Crippen LogP contribution in [0.15, 0.2) is 65.1 Å². The number of aromatic hydroxyl groups is 2. The third kappa shape index (κ3) is 10.4. The first-order valence-corrected chi connectivity index (χ1v) is 12.4. The van der Waals surface area contributed by atoms with Gasteiger partial charge in [-0.3, -0.25) is 0 Å². The van der Waals surface area contributed by atoms with E-state index in [-0.39, 0.29) is 4.47 Å². The van der Waals surface area contributed by atoms with E-state index in [9.17, 15) is 57.8 Å². The quantitative estimate of drug-likeness (QED) is 0.130. The number of ether oxygens (including phenoxy) is 2. The zero-order chi connectivity index (χ0) is 35.1. The standard InChI is InChI=1S/C13H6F6O2.C7H3BrF4O2.C6H5BF2O2/c14-8-3-1-2-6(10(8)15)7-4-5-9(11(16)12(7)20)21-13(17,18)19;8-3-1-2-4(5(9)6(3)13)14-7(10,11)12;8-5-3-1-2-4(6(5)9)7(10)11/h1-5,20H;1-2,13H;1-3,10-11H. The number of rotatable bonds is 4. The summed E-state index contributed by atoms with van der Waals surface area (Å²) in [6.45, 7) is 0. The predicted octanol–water partition coefficient (Wildman–Crippen LogP) is 7.21. The predicted molar refractivity (Wildman–Crippen MR) is 139 cm³/mol. The van der Waals surface area contributed by atoms with Gasteiger partial charge in [0.2, 0.25) is 11.6 Å². The van der Waals surface area contributed by atoms with Gasteiger partial charge in [0.1, 0.15) is 0 Å². The van der Waals surface area contributed by atoms with Crippen LogP contribution in [0.25, 0.3) is 11.1 Å². The summed E-state index contributed by atoms with van der Waals surface area (Å²) in [6, 6.07) is 9.29. The van der Waals surface area contributed by atoms with Crippen LogP contribution in [-0.4, -0.2) is 40.1 Å². The minimum absolute atomic E-state index is 0.0514. The van der Waals surface area contributed by atoms with Gasteiger partial charge in [-0.1, -0.05) is 24.3 Å². The third-order valence-corrected chi connectivity index (χ3v) is 5.70. The Kier molecular flexibility index (Phi) is 12.6. The summed E-state index contributed by atoms with van der Waals surface area (Å²) >= 11 is 2.73. The summed E-state index contributed by atoms with van der Waals surface area (Å²) in [7, 11) is -1.97. The molecule has 0 aliphatic rings. The molecular formula is C26H14BBrF12O6. The number of phenols is 2. The van der Waals surface area contributed by atoms with Crippen LogP contribution in [0.3, 0.4) is 0 Å². The largest absolute Gasteiger partial charge is 0.573 e. The Morgan fingerprint density at radius 3 is 1.48 bits per heavy atom. The zero-order valence-corrected chi connectivity index (χ0v) is 23.5. The van der Waals surface area contributed by atoms with Crippen molar-refractivity contribution < 1.29 is 82.4 Å². The summed E-state index contributed by atoms with van der Waals surface area (Å²) < 4.78 is 156. The fraction of sp³-hybridized carbons (Fsp3) is 0.0769. The molecule has 0 radical (unpaired) electrons. The fourth-order valence-electron chi connectivity index (χ4n) is 3.12. The van der Waals surface area contributed by atoms with Crippen molar-refractivity contribution in [3.05, 3.63) is 100 Å². The number of phenolic OH excluding ortho intramolecular Hbond substituents is 2. The molecule has 0 spiro atoms. The van der Waals surface area contributed by atoms with Gasteiger partial charge in [-0.2, -0.15) is 8.78 Å². The van der Waals surface area contributed by atoms with E-state index in [2.05, 4.69) is 25.4 Å². The summed E-state index contributed by atoms with van der Waals surface area (Å²) in [5, 5.41) is 35.4. The molecule has 4 rings (SSSR count). The van der Waals surface area contributed by atoms with Gasteiger partial charge in [0.15, 0.2) is 46.3 Å². The van der Waals surface area contributed by atoms with Crippen molar-refractivity contribution >= 4 is 28.5 Å². The van der Waals surface area contributed by atoms with Gasteiger partial charge in [0, 0.05) is 16.6 Å². The highest BCUT2D eigenvalue weighted by molar-refractivity contribution is 9.10. The van der Waals surface area contributed by atoms with Gasteiger partial charge in [-0.25, -0.2) is 17.6 Å². The Labute approximate surface area is 257 Å². The molecule has 4 N–H and O–H groups in total. The second-order valence-electron chi connectivity index (χ2n) is 8.20. The van der Waals surface area contributed by atoms with Gasteiger partial charge in [0.05, 0.1) is 4.47 Å². The van der Waals surface area contributed by atoms with Gasteiger partial charge < -0.3 is 29.7 Å². The van der Waals surface area contributed by atoms with Crippen molar-refractivity contribution in [2.24, 2.45) is 0 Å². The first-order valence-electron chi connectivity index (χ1n) is 11.6. The minimum Gasteiger partial charge on any atom is -0.504 e. The molecule has 0 amide bonds. The number of hydrogen-bond acceptors (Lipinski definition) is 6. The second-order valence-corrected chi connectivity index (χ2v) is 9.05. The molecule has 4 aromatic rings. The smallest absolute Gasteiger partial charge is 0.504 e. The molecule has 0 aliphatic heterocycles. The highest BCUT2D eigenvalue weighted by atomic mass is 79.9. The summed E-state index contributed by atoms with van der Waals surface area (Å²) in [5.41, 5.74) is -1.45. The van der Waals surface area contributed by atoms with E-state index < -0.39 is 94.3 Å². The Morgan fingerprint density at radius 1 is 0.543 bits per heavy atom. The highest BCUT2D eigenvalue weighted by Gasteiger charge is 2.34. The van der Waals surface area contributed by atoms with Crippen LogP contribution >= 0.6 is 15.9 Å². The van der Waals surface area contributed by atoms with Gasteiger partial charge in [0.25, 0.3) is 0 Å². The lowest BCUT2D eigenvalue weighted by molar-refractivity contribution is -0.276. The average molecular weight is 741 g/mol. The van der Waals surface area contributed by atoms with Crippen molar-refractivity contribution in [1.29, 1.82) is 0 Å². The summed E-state index contributed by atoms with van der Waals surface area (Å²) in [5.74, 6) is -12.7. The first kappa shape index (κ1) is 37.9. The Balaban J connectivity index is 0.000000256. The van der Waals surface area contributed by atoms with E-state index in [4.69, 9.17) is 15.2 Å². The monoisotopic (exact) mass is 740 g/mol. The van der Waals surface area contributed by atoms with E-state index >= 15 is 0 Å². The SMILES string of the molecule is OB(O)c1cccc(F)c1F.Oc1c(-c2cccc(F)c2F)ccc(OC(F)(F)F)c1F.Oc1c(Br)ccc(OC(F)(F)F)c1F. The molecule has 4 aromatic carbocycles. The van der Waals surface area contributed by atoms with Gasteiger partial charge in [-0.15, -0.1) is 26.3 Å². The lowest BCUT2D eigenvalue weighted by atomic mass is 9.80. The maximum absolute atomic E-state index is 13.6. The third-order valence-electron chi connectivity index (χ3n) is 5.06. The molecule has 0 aliphatic carbocycles. The maximum atomic E-state index is 13.6. The number of halogens is 13. The van der Waals surface area contributed by atoms with Crippen LogP contribution in [-0.2, 0) is 0 Å². The topological polar surface area (TPSA) is 99.4 Å². The maximum Gasteiger partial charge on any atom is 0.573 e. The summed E-state index contributed by atoms with van der Waals surface area (Å²) in [6.07, 6.45) is -10.1. The molecule has 46 heavy (non-hydrogen) atoms. The molecule has 0 heterocycles. The van der Waals surface area contributed by atoms with Crippen LogP contribution in [0.1, 0.15) is 0 Å². The molecule has 0 atom stereocenters. The lowest BCUT2D eigenvalue weighted by Gasteiger charge is -2.13. The van der Waals surface area contributed by atoms with Crippen LogP contribution < -0.4 is 14.9 Å². The highest BCUT2D eigenvalue weighted by Crippen LogP contribution is 2.39. The van der Waals surface area contributed by atoms with E-state index in [1.54, 1.807) is 0 Å². The molecule has 0 unspecified atom stereocenters. The van der Waals surface area contributed by atoms with E-state index in [1.807, 2.05) is 0 Å². The molecule has 0 saturated heterocycles. The van der Waals surface area contributed by atoms with E-state index in [0.717, 1.165) is 48.5 Å². The molecular weight excluding hydrogens is 727 g/mol. The Bertz CT molecular complexity index is 1670. The van der Waals surface area contributed by atoms with Crippen LogP contribution in [0, 0.1) is 34.9 Å². The van der Waals surface area contributed by atoms with Gasteiger partial charge in [-0.05, 0) is 52.3 Å². The van der Waals surface area contributed by atoms with Crippen molar-refractivity contribution in [1.82, 2.24) is 0 Å². The van der Waals surface area contributed by atoms with Crippen molar-refractivity contribution in [3.63, 3.8) is 0 Å². The first-order chi connectivity index (χ1) is 21.1. The Hall–Kier alpha value is -4.30. The van der Waals surface area contributed by atoms with Crippen LogP contribution in [0.4, 0.5) is 52.7 Å². The fourth-order valence-corrected chi connectivity index (χ4v) is 3.43. The molecule has 6 nitrogen and oxygen atoms in total. The molecule has 0 saturated carbocycles. The van der Waals surface area contributed by atoms with Crippen LogP contribution in [0.2, 0.25) is 0 Å². The van der Waals surface area contributed by atoms with E-state index in [0.29, 0.717) is 6.07 Å². The molecule has 0 bridgehead atoms. The minimum atomic E-state index is -5.15. The number of alkyl halides is 6.